The molecule has 2 nitrogen and oxygen atoms in total. The fourth-order valence-electron chi connectivity index (χ4n) is 3.04. The van der Waals surface area contributed by atoms with Gasteiger partial charge in [-0.2, -0.15) is 0 Å². The first-order chi connectivity index (χ1) is 10.3. The average Bonchev–Trinajstić information content (AvgIpc) is 2.94. The van der Waals surface area contributed by atoms with Gasteiger partial charge in [0.1, 0.15) is 5.75 Å². The summed E-state index contributed by atoms with van der Waals surface area (Å²) in [5.41, 5.74) is 2.75. The van der Waals surface area contributed by atoms with Crippen LogP contribution < -0.4 is 10.1 Å². The van der Waals surface area contributed by atoms with Gasteiger partial charge in [0.05, 0.1) is 10.4 Å². The summed E-state index contributed by atoms with van der Waals surface area (Å²) in [5.74, 6) is 1.63. The van der Waals surface area contributed by atoms with Gasteiger partial charge in [0.2, 0.25) is 0 Å². The van der Waals surface area contributed by atoms with Gasteiger partial charge in [-0.3, -0.25) is 0 Å². The van der Waals surface area contributed by atoms with Gasteiger partial charge in [-0.25, -0.2) is 0 Å². The molecule has 0 saturated heterocycles. The number of rotatable bonds is 5. The van der Waals surface area contributed by atoms with Gasteiger partial charge in [-0.1, -0.05) is 25.1 Å². The molecule has 2 aromatic rings. The van der Waals surface area contributed by atoms with Crippen LogP contribution in [-0.2, 0) is 0 Å². The molecule has 1 aromatic carbocycles. The summed E-state index contributed by atoms with van der Waals surface area (Å²) in [6, 6.07) is 11.1. The Morgan fingerprint density at radius 3 is 3.05 bits per heavy atom. The highest BCUT2D eigenvalue weighted by atomic mass is 79.9. The van der Waals surface area contributed by atoms with Crippen molar-refractivity contribution in [2.24, 2.45) is 0 Å². The molecule has 0 bridgehead atoms. The fourth-order valence-corrected chi connectivity index (χ4v) is 4.26. The zero-order chi connectivity index (χ0) is 14.7. The molecule has 1 N–H and O–H groups in total. The number of halogens is 1. The number of thiophene rings is 1. The quantitative estimate of drug-likeness (QED) is 0.793. The minimum Gasteiger partial charge on any atom is -0.493 e. The van der Waals surface area contributed by atoms with Crippen LogP contribution in [0.2, 0.25) is 0 Å². The van der Waals surface area contributed by atoms with Crippen LogP contribution >= 0.6 is 27.3 Å². The highest BCUT2D eigenvalue weighted by Gasteiger charge is 2.25. The van der Waals surface area contributed by atoms with Gasteiger partial charge in [-0.15, -0.1) is 11.3 Å². The first kappa shape index (κ1) is 15.1. The van der Waals surface area contributed by atoms with Crippen LogP contribution in [0.5, 0.6) is 5.75 Å². The molecular formula is C17H20BrNOS. The molecule has 4 heteroatoms. The van der Waals surface area contributed by atoms with Gasteiger partial charge in [-0.05, 0) is 69.9 Å². The number of hydrogen-bond acceptors (Lipinski definition) is 3. The monoisotopic (exact) mass is 365 g/mol. The lowest BCUT2D eigenvalue weighted by molar-refractivity contribution is 0.255. The van der Waals surface area contributed by atoms with Crippen LogP contribution in [-0.4, -0.2) is 13.2 Å². The zero-order valence-corrected chi connectivity index (χ0v) is 14.5. The molecule has 0 saturated carbocycles. The molecule has 3 rings (SSSR count). The second kappa shape index (κ2) is 6.95. The van der Waals surface area contributed by atoms with Crippen molar-refractivity contribution in [3.8, 4) is 5.75 Å². The molecule has 0 aliphatic carbocycles. The van der Waals surface area contributed by atoms with E-state index >= 15 is 0 Å². The van der Waals surface area contributed by atoms with E-state index in [9.17, 15) is 0 Å². The van der Waals surface area contributed by atoms with Crippen LogP contribution in [0.1, 0.15) is 42.9 Å². The molecule has 21 heavy (non-hydrogen) atoms. The second-order valence-corrected chi connectivity index (χ2v) is 7.69. The molecule has 1 aliphatic rings. The molecule has 0 amide bonds. The van der Waals surface area contributed by atoms with Crippen LogP contribution in [0.15, 0.2) is 39.5 Å². The number of para-hydroxylation sites is 1. The van der Waals surface area contributed by atoms with E-state index in [-0.39, 0.29) is 0 Å². The van der Waals surface area contributed by atoms with Crippen LogP contribution in [0.25, 0.3) is 0 Å². The molecule has 0 spiro atoms. The predicted molar refractivity (Wildman–Crippen MR) is 92.3 cm³/mol. The third-order valence-corrected chi connectivity index (χ3v) is 5.57. The van der Waals surface area contributed by atoms with E-state index in [4.69, 9.17) is 4.74 Å². The Kier molecular flexibility index (Phi) is 4.99. The molecule has 112 valence electrons. The Labute approximate surface area is 138 Å². The van der Waals surface area contributed by atoms with Gasteiger partial charge < -0.3 is 10.1 Å². The van der Waals surface area contributed by atoms with E-state index in [1.807, 2.05) is 0 Å². The molecule has 2 unspecified atom stereocenters. The summed E-state index contributed by atoms with van der Waals surface area (Å²) in [6.07, 6.45) is 2.22. The molecule has 2 heterocycles. The maximum absolute atomic E-state index is 5.78. The smallest absolute Gasteiger partial charge is 0.122 e. The summed E-state index contributed by atoms with van der Waals surface area (Å²) in [5, 5.41) is 5.89. The van der Waals surface area contributed by atoms with E-state index in [0.29, 0.717) is 12.0 Å². The van der Waals surface area contributed by atoms with Crippen molar-refractivity contribution in [3.63, 3.8) is 0 Å². The SMILES string of the molecule is CCNC(CC1CCOc2ccccc21)c1csc(Br)c1. The third kappa shape index (κ3) is 3.50. The molecule has 1 aliphatic heterocycles. The summed E-state index contributed by atoms with van der Waals surface area (Å²) in [4.78, 5) is 0. The van der Waals surface area contributed by atoms with Crippen LogP contribution in [0.4, 0.5) is 0 Å². The Bertz CT molecular complexity index is 598. The Morgan fingerprint density at radius 1 is 1.43 bits per heavy atom. The lowest BCUT2D eigenvalue weighted by Crippen LogP contribution is -2.24. The molecular weight excluding hydrogens is 346 g/mol. The fraction of sp³-hybridized carbons (Fsp3) is 0.412. The van der Waals surface area contributed by atoms with Crippen LogP contribution in [0.3, 0.4) is 0 Å². The average molecular weight is 366 g/mol. The van der Waals surface area contributed by atoms with Gasteiger partial charge >= 0.3 is 0 Å². The highest BCUT2D eigenvalue weighted by molar-refractivity contribution is 9.11. The number of ether oxygens (including phenoxy) is 1. The summed E-state index contributed by atoms with van der Waals surface area (Å²) in [6.45, 7) is 3.99. The second-order valence-electron chi connectivity index (χ2n) is 5.40. The molecule has 1 aromatic heterocycles. The van der Waals surface area contributed by atoms with Crippen molar-refractivity contribution in [3.05, 3.63) is 50.6 Å². The minimum atomic E-state index is 0.411. The van der Waals surface area contributed by atoms with Gasteiger partial charge in [0.25, 0.3) is 0 Å². The van der Waals surface area contributed by atoms with E-state index in [1.54, 1.807) is 11.3 Å². The van der Waals surface area contributed by atoms with Crippen LogP contribution in [0, 0.1) is 0 Å². The Morgan fingerprint density at radius 2 is 2.29 bits per heavy atom. The van der Waals surface area contributed by atoms with E-state index < -0.39 is 0 Å². The van der Waals surface area contributed by atoms with E-state index in [0.717, 1.165) is 31.7 Å². The topological polar surface area (TPSA) is 21.3 Å². The maximum Gasteiger partial charge on any atom is 0.122 e. The minimum absolute atomic E-state index is 0.411. The normalized spacial score (nSPS) is 18.9. The number of nitrogens with one attached hydrogen (secondary N) is 1. The predicted octanol–water partition coefficient (Wildman–Crippen LogP) is 5.12. The van der Waals surface area contributed by atoms with Crippen molar-refractivity contribution >= 4 is 27.3 Å². The largest absolute Gasteiger partial charge is 0.493 e. The standard InChI is InChI=1S/C17H20BrNOS/c1-2-19-15(13-10-17(18)21-11-13)9-12-7-8-20-16-6-4-3-5-14(12)16/h3-6,10-12,15,19H,2,7-9H2,1H3. The summed E-state index contributed by atoms with van der Waals surface area (Å²) < 4.78 is 6.98. The highest BCUT2D eigenvalue weighted by Crippen LogP contribution is 2.39. The van der Waals surface area contributed by atoms with Crippen molar-refractivity contribution < 1.29 is 4.74 Å². The van der Waals surface area contributed by atoms with E-state index in [2.05, 4.69) is 63.9 Å². The molecule has 0 radical (unpaired) electrons. The maximum atomic E-state index is 5.78. The summed E-state index contributed by atoms with van der Waals surface area (Å²) in [7, 11) is 0. The van der Waals surface area contributed by atoms with E-state index in [1.165, 1.54) is 14.9 Å². The first-order valence-corrected chi connectivity index (χ1v) is 9.14. The lowest BCUT2D eigenvalue weighted by Gasteiger charge is -2.29. The van der Waals surface area contributed by atoms with Gasteiger partial charge in [0.15, 0.2) is 0 Å². The molecule has 2 atom stereocenters. The van der Waals surface area contributed by atoms with Gasteiger partial charge in [0, 0.05) is 6.04 Å². The lowest BCUT2D eigenvalue weighted by atomic mass is 9.86. The van der Waals surface area contributed by atoms with Crippen molar-refractivity contribution in [1.82, 2.24) is 5.32 Å². The number of fused-ring (bicyclic) bond motifs is 1. The number of benzene rings is 1. The molecule has 0 fully saturated rings. The first-order valence-electron chi connectivity index (χ1n) is 7.47. The van der Waals surface area contributed by atoms with Crippen molar-refractivity contribution in [2.75, 3.05) is 13.2 Å². The summed E-state index contributed by atoms with van der Waals surface area (Å²) >= 11 is 5.33. The Hall–Kier alpha value is -0.840. The Balaban J connectivity index is 1.80. The number of hydrogen-bond donors (Lipinski definition) is 1. The third-order valence-electron chi connectivity index (χ3n) is 4.04. The van der Waals surface area contributed by atoms with Crippen molar-refractivity contribution in [1.29, 1.82) is 0 Å². The van der Waals surface area contributed by atoms with Crippen molar-refractivity contribution in [2.45, 2.75) is 31.7 Å². The zero-order valence-electron chi connectivity index (χ0n) is 12.1.